The highest BCUT2D eigenvalue weighted by molar-refractivity contribution is 7.90. The Balaban J connectivity index is 1.43. The van der Waals surface area contributed by atoms with Crippen LogP contribution in [-0.2, 0) is 10.0 Å². The number of hydrogen-bond acceptors (Lipinski definition) is 9. The summed E-state index contributed by atoms with van der Waals surface area (Å²) in [4.78, 5) is 13.4. The van der Waals surface area contributed by atoms with Crippen LogP contribution in [0.15, 0.2) is 36.9 Å². The lowest BCUT2D eigenvalue weighted by molar-refractivity contribution is 0.547. The first-order chi connectivity index (χ1) is 16.5. The van der Waals surface area contributed by atoms with Gasteiger partial charge in [-0.05, 0) is 53.5 Å². The number of hydrogen-bond donors (Lipinski definition) is 2. The Morgan fingerprint density at radius 1 is 1.11 bits per heavy atom. The maximum atomic E-state index is 12.4. The first-order valence-corrected chi connectivity index (χ1v) is 13.1. The van der Waals surface area contributed by atoms with E-state index in [1.165, 1.54) is 12.4 Å². The largest absolute Gasteiger partial charge is 0.363 e. The number of nitrogens with one attached hydrogen (secondary N) is 2. The van der Waals surface area contributed by atoms with Gasteiger partial charge in [0.2, 0.25) is 0 Å². The second kappa shape index (κ2) is 8.29. The molecule has 0 atom stereocenters. The summed E-state index contributed by atoms with van der Waals surface area (Å²) in [5, 5.41) is 16.1. The molecule has 0 aromatic carbocycles. The van der Waals surface area contributed by atoms with Gasteiger partial charge in [-0.3, -0.25) is 4.68 Å². The fraction of sp³-hybridized carbons (Fsp3) is 0.435. The standard InChI is InChI=1S/C23H29N9O2S/c1-14(2)32-18-10-20(25-12-17(18)22(30-32)29-23(3,4)5)27-19-8-9-24-21(28-19)15-11-26-31(13-15)35(33,34)16-6-7-16/h8-14,16H,6-7H2,1-5H3,(H,29,30)(H,24,25,27,28). The van der Waals surface area contributed by atoms with E-state index in [1.54, 1.807) is 18.5 Å². The zero-order chi connectivity index (χ0) is 25.0. The van der Waals surface area contributed by atoms with Gasteiger partial charge in [0, 0.05) is 30.0 Å². The van der Waals surface area contributed by atoms with Crippen LogP contribution in [0.1, 0.15) is 53.5 Å². The molecule has 0 saturated heterocycles. The molecule has 1 aliphatic rings. The Morgan fingerprint density at radius 3 is 2.57 bits per heavy atom. The van der Waals surface area contributed by atoms with E-state index in [2.05, 4.69) is 65.3 Å². The third kappa shape index (κ3) is 4.70. The minimum Gasteiger partial charge on any atom is -0.363 e. The minimum absolute atomic E-state index is 0.136. The fourth-order valence-electron chi connectivity index (χ4n) is 3.72. The van der Waals surface area contributed by atoms with Gasteiger partial charge < -0.3 is 10.6 Å². The van der Waals surface area contributed by atoms with Crippen molar-refractivity contribution in [2.75, 3.05) is 10.6 Å². The molecule has 35 heavy (non-hydrogen) atoms. The number of pyridine rings is 1. The zero-order valence-corrected chi connectivity index (χ0v) is 21.2. The van der Waals surface area contributed by atoms with E-state index in [0.29, 0.717) is 35.9 Å². The van der Waals surface area contributed by atoms with Gasteiger partial charge in [-0.2, -0.15) is 14.3 Å². The summed E-state index contributed by atoms with van der Waals surface area (Å²) in [7, 11) is -3.44. The van der Waals surface area contributed by atoms with Crippen LogP contribution in [0.4, 0.5) is 17.5 Å². The third-order valence-electron chi connectivity index (χ3n) is 5.51. The van der Waals surface area contributed by atoms with Crippen LogP contribution in [0, 0.1) is 0 Å². The van der Waals surface area contributed by atoms with Crippen LogP contribution in [0.3, 0.4) is 0 Å². The molecule has 4 heterocycles. The molecule has 4 aromatic heterocycles. The lowest BCUT2D eigenvalue weighted by Gasteiger charge is -2.20. The van der Waals surface area contributed by atoms with Gasteiger partial charge in [-0.25, -0.2) is 23.4 Å². The van der Waals surface area contributed by atoms with Crippen molar-refractivity contribution in [1.82, 2.24) is 33.9 Å². The van der Waals surface area contributed by atoms with Gasteiger partial charge in [0.25, 0.3) is 10.0 Å². The van der Waals surface area contributed by atoms with Gasteiger partial charge in [-0.15, -0.1) is 0 Å². The van der Waals surface area contributed by atoms with Crippen molar-refractivity contribution in [3.8, 4) is 11.4 Å². The molecule has 184 valence electrons. The van der Waals surface area contributed by atoms with Gasteiger partial charge in [0.05, 0.1) is 34.1 Å². The summed E-state index contributed by atoms with van der Waals surface area (Å²) >= 11 is 0. The summed E-state index contributed by atoms with van der Waals surface area (Å²) in [6, 6.07) is 3.84. The molecule has 1 aliphatic carbocycles. The summed E-state index contributed by atoms with van der Waals surface area (Å²) in [6.45, 7) is 10.4. The summed E-state index contributed by atoms with van der Waals surface area (Å²) < 4.78 is 27.9. The van der Waals surface area contributed by atoms with Crippen LogP contribution < -0.4 is 10.6 Å². The molecule has 0 unspecified atom stereocenters. The Morgan fingerprint density at radius 2 is 1.89 bits per heavy atom. The smallest absolute Gasteiger partial charge is 0.256 e. The maximum Gasteiger partial charge on any atom is 0.256 e. The topological polar surface area (TPSA) is 133 Å². The average molecular weight is 496 g/mol. The average Bonchev–Trinajstić information content (AvgIpc) is 3.43. The maximum absolute atomic E-state index is 12.4. The highest BCUT2D eigenvalue weighted by Crippen LogP contribution is 2.31. The van der Waals surface area contributed by atoms with E-state index in [9.17, 15) is 8.42 Å². The first kappa shape index (κ1) is 23.2. The van der Waals surface area contributed by atoms with Gasteiger partial charge in [-0.1, -0.05) is 0 Å². The molecule has 0 bridgehead atoms. The Bertz CT molecular complexity index is 1490. The molecule has 1 fully saturated rings. The zero-order valence-electron chi connectivity index (χ0n) is 20.4. The van der Waals surface area contributed by atoms with Crippen LogP contribution >= 0.6 is 0 Å². The van der Waals surface area contributed by atoms with Gasteiger partial charge in [0.15, 0.2) is 11.6 Å². The number of fused-ring (bicyclic) bond motifs is 1. The molecular formula is C23H29N9O2S. The van der Waals surface area contributed by atoms with Crippen molar-refractivity contribution in [3.63, 3.8) is 0 Å². The molecule has 5 rings (SSSR count). The highest BCUT2D eigenvalue weighted by Gasteiger charge is 2.37. The predicted molar refractivity (Wildman–Crippen MR) is 135 cm³/mol. The lowest BCUT2D eigenvalue weighted by atomic mass is 10.1. The van der Waals surface area contributed by atoms with E-state index < -0.39 is 10.0 Å². The quantitative estimate of drug-likeness (QED) is 0.391. The number of rotatable bonds is 7. The molecule has 11 nitrogen and oxygen atoms in total. The van der Waals surface area contributed by atoms with Crippen LogP contribution in [-0.4, -0.2) is 53.1 Å². The predicted octanol–water partition coefficient (Wildman–Crippen LogP) is 3.96. The number of nitrogens with zero attached hydrogens (tertiary/aromatic N) is 7. The molecule has 4 aromatic rings. The molecule has 0 amide bonds. The number of anilines is 3. The van der Waals surface area contributed by atoms with Crippen molar-refractivity contribution in [2.24, 2.45) is 0 Å². The van der Waals surface area contributed by atoms with Crippen molar-refractivity contribution in [3.05, 3.63) is 36.9 Å². The molecule has 2 N–H and O–H groups in total. The minimum atomic E-state index is -3.44. The first-order valence-electron chi connectivity index (χ1n) is 11.6. The fourth-order valence-corrected chi connectivity index (χ4v) is 5.19. The van der Waals surface area contributed by atoms with Crippen molar-refractivity contribution >= 4 is 38.4 Å². The third-order valence-corrected chi connectivity index (χ3v) is 7.55. The van der Waals surface area contributed by atoms with Crippen LogP contribution in [0.2, 0.25) is 0 Å². The Kier molecular flexibility index (Phi) is 5.50. The summed E-state index contributed by atoms with van der Waals surface area (Å²) in [5.74, 6) is 2.31. The Hall–Kier alpha value is -3.54. The van der Waals surface area contributed by atoms with E-state index in [-0.39, 0.29) is 16.8 Å². The lowest BCUT2D eigenvalue weighted by Crippen LogP contribution is -2.26. The van der Waals surface area contributed by atoms with E-state index in [1.807, 2.05) is 10.7 Å². The SMILES string of the molecule is CC(C)n1nc(NC(C)(C)C)c2cnc(Nc3ccnc(-c4cnn(S(=O)(=O)C5CC5)c4)n3)cc21. The second-order valence-corrected chi connectivity index (χ2v) is 12.2. The molecule has 0 spiro atoms. The molecule has 0 aliphatic heterocycles. The monoisotopic (exact) mass is 495 g/mol. The van der Waals surface area contributed by atoms with Gasteiger partial charge >= 0.3 is 0 Å². The molecule has 1 saturated carbocycles. The number of aromatic nitrogens is 7. The van der Waals surface area contributed by atoms with Gasteiger partial charge in [0.1, 0.15) is 11.6 Å². The Labute approximate surface area is 204 Å². The molecular weight excluding hydrogens is 466 g/mol. The molecule has 0 radical (unpaired) electrons. The summed E-state index contributed by atoms with van der Waals surface area (Å²) in [6.07, 6.45) is 7.69. The van der Waals surface area contributed by atoms with E-state index in [0.717, 1.165) is 20.8 Å². The normalized spacial score (nSPS) is 14.6. The van der Waals surface area contributed by atoms with Crippen LogP contribution in [0.5, 0.6) is 0 Å². The molecule has 12 heteroatoms. The highest BCUT2D eigenvalue weighted by atomic mass is 32.2. The van der Waals surface area contributed by atoms with Crippen molar-refractivity contribution < 1.29 is 8.42 Å². The summed E-state index contributed by atoms with van der Waals surface area (Å²) in [5.41, 5.74) is 1.34. The van der Waals surface area contributed by atoms with Crippen molar-refractivity contribution in [2.45, 2.75) is 64.3 Å². The van der Waals surface area contributed by atoms with E-state index in [4.69, 9.17) is 5.10 Å². The van der Waals surface area contributed by atoms with Crippen LogP contribution in [0.25, 0.3) is 22.3 Å². The van der Waals surface area contributed by atoms with Crippen molar-refractivity contribution in [1.29, 1.82) is 0 Å². The second-order valence-electron chi connectivity index (χ2n) is 10.1. The van der Waals surface area contributed by atoms with E-state index >= 15 is 0 Å².